The highest BCUT2D eigenvalue weighted by atomic mass is 16.5. The Morgan fingerprint density at radius 1 is 1.04 bits per heavy atom. The molecule has 1 aliphatic heterocycles. The molecule has 1 N–H and O–H groups in total. The van der Waals surface area contributed by atoms with Crippen molar-refractivity contribution in [3.05, 3.63) is 54.1 Å². The molecular weight excluding hydrogens is 326 g/mol. The number of benzene rings is 2. The van der Waals surface area contributed by atoms with Crippen LogP contribution < -0.4 is 15.0 Å². The minimum atomic E-state index is -0.146. The van der Waals surface area contributed by atoms with Crippen LogP contribution in [0.25, 0.3) is 0 Å². The average molecular weight is 353 g/mol. The smallest absolute Gasteiger partial charge is 0.241 e. The number of hydrogen-bond donors (Lipinski definition) is 1. The first kappa shape index (κ1) is 18.3. The van der Waals surface area contributed by atoms with Crippen LogP contribution in [0.4, 0.5) is 11.4 Å². The number of amides is 1. The number of methoxy groups -OCH3 is 1. The lowest BCUT2D eigenvalue weighted by Crippen LogP contribution is -2.52. The van der Waals surface area contributed by atoms with E-state index in [0.717, 1.165) is 43.2 Å². The molecule has 0 radical (unpaired) electrons. The summed E-state index contributed by atoms with van der Waals surface area (Å²) in [6, 6.07) is 15.9. The van der Waals surface area contributed by atoms with Crippen LogP contribution in [-0.2, 0) is 4.79 Å². The summed E-state index contributed by atoms with van der Waals surface area (Å²) in [6.45, 7) is 7.55. The molecule has 1 amide bonds. The molecule has 1 atom stereocenters. The Labute approximate surface area is 155 Å². The van der Waals surface area contributed by atoms with E-state index >= 15 is 0 Å². The van der Waals surface area contributed by atoms with Gasteiger partial charge in [0.05, 0.1) is 13.2 Å². The lowest BCUT2D eigenvalue weighted by molar-refractivity contribution is -0.120. The maximum Gasteiger partial charge on any atom is 0.241 e. The van der Waals surface area contributed by atoms with Gasteiger partial charge in [0.2, 0.25) is 5.91 Å². The third-order valence-electron chi connectivity index (χ3n) is 5.08. The summed E-state index contributed by atoms with van der Waals surface area (Å²) in [7, 11) is 1.68. The van der Waals surface area contributed by atoms with Gasteiger partial charge in [0, 0.05) is 37.6 Å². The molecule has 5 heteroatoms. The molecule has 0 aromatic heterocycles. The highest BCUT2D eigenvalue weighted by molar-refractivity contribution is 5.95. The van der Waals surface area contributed by atoms with E-state index in [-0.39, 0.29) is 11.9 Å². The Kier molecular flexibility index (Phi) is 5.78. The molecular formula is C21H27N3O2. The van der Waals surface area contributed by atoms with Crippen LogP contribution in [0.15, 0.2) is 48.5 Å². The van der Waals surface area contributed by atoms with E-state index in [2.05, 4.69) is 27.2 Å². The summed E-state index contributed by atoms with van der Waals surface area (Å²) < 4.78 is 5.22. The van der Waals surface area contributed by atoms with Gasteiger partial charge in [0.1, 0.15) is 5.75 Å². The molecule has 0 aliphatic carbocycles. The van der Waals surface area contributed by atoms with Crippen molar-refractivity contribution >= 4 is 17.3 Å². The van der Waals surface area contributed by atoms with Gasteiger partial charge >= 0.3 is 0 Å². The number of carbonyl (C=O) groups excluding carboxylic acids is 1. The Bertz CT molecular complexity index is 737. The van der Waals surface area contributed by atoms with Gasteiger partial charge in [-0.1, -0.05) is 18.2 Å². The Balaban J connectivity index is 1.55. The zero-order valence-electron chi connectivity index (χ0n) is 15.7. The van der Waals surface area contributed by atoms with Crippen molar-refractivity contribution in [1.82, 2.24) is 4.90 Å². The Hall–Kier alpha value is -2.53. The number of piperazine rings is 1. The van der Waals surface area contributed by atoms with Gasteiger partial charge in [0.15, 0.2) is 0 Å². The van der Waals surface area contributed by atoms with Crippen molar-refractivity contribution in [3.63, 3.8) is 0 Å². The van der Waals surface area contributed by atoms with E-state index in [9.17, 15) is 4.79 Å². The Morgan fingerprint density at radius 2 is 1.69 bits per heavy atom. The van der Waals surface area contributed by atoms with Crippen molar-refractivity contribution in [1.29, 1.82) is 0 Å². The van der Waals surface area contributed by atoms with Crippen molar-refractivity contribution in [2.24, 2.45) is 0 Å². The van der Waals surface area contributed by atoms with E-state index in [0.29, 0.717) is 0 Å². The molecule has 0 bridgehead atoms. The van der Waals surface area contributed by atoms with E-state index in [1.807, 2.05) is 50.2 Å². The van der Waals surface area contributed by atoms with Crippen LogP contribution in [-0.4, -0.2) is 50.1 Å². The van der Waals surface area contributed by atoms with E-state index in [1.54, 1.807) is 7.11 Å². The van der Waals surface area contributed by atoms with Gasteiger partial charge < -0.3 is 15.0 Å². The molecule has 3 rings (SSSR count). The second kappa shape index (κ2) is 8.23. The predicted octanol–water partition coefficient (Wildman–Crippen LogP) is 3.15. The number of carbonyl (C=O) groups is 1. The molecule has 5 nitrogen and oxygen atoms in total. The topological polar surface area (TPSA) is 44.8 Å². The van der Waals surface area contributed by atoms with E-state index < -0.39 is 0 Å². The maximum absolute atomic E-state index is 12.6. The standard InChI is InChI=1S/C21H27N3O2/c1-16-6-4-5-7-20(16)22-21(25)17(2)23-12-14-24(15-13-23)18-8-10-19(26-3)11-9-18/h4-11,17H,12-15H2,1-3H3,(H,22,25). The fourth-order valence-electron chi connectivity index (χ4n) is 3.28. The number of aryl methyl sites for hydroxylation is 1. The molecule has 0 spiro atoms. The van der Waals surface area contributed by atoms with Gasteiger partial charge in [-0.15, -0.1) is 0 Å². The summed E-state index contributed by atoms with van der Waals surface area (Å²) in [5.41, 5.74) is 3.17. The van der Waals surface area contributed by atoms with Crippen molar-refractivity contribution in [2.45, 2.75) is 19.9 Å². The quantitative estimate of drug-likeness (QED) is 0.897. The van der Waals surface area contributed by atoms with Crippen LogP contribution in [0.2, 0.25) is 0 Å². The number of rotatable bonds is 5. The summed E-state index contributed by atoms with van der Waals surface area (Å²) in [4.78, 5) is 17.2. The van der Waals surface area contributed by atoms with Gasteiger partial charge in [-0.05, 0) is 49.7 Å². The van der Waals surface area contributed by atoms with Crippen molar-refractivity contribution in [2.75, 3.05) is 43.5 Å². The third-order valence-corrected chi connectivity index (χ3v) is 5.08. The maximum atomic E-state index is 12.6. The first-order valence-corrected chi connectivity index (χ1v) is 9.08. The van der Waals surface area contributed by atoms with Gasteiger partial charge in [-0.2, -0.15) is 0 Å². The van der Waals surface area contributed by atoms with Gasteiger partial charge in [-0.3, -0.25) is 9.69 Å². The van der Waals surface area contributed by atoms with Crippen molar-refractivity contribution < 1.29 is 9.53 Å². The molecule has 26 heavy (non-hydrogen) atoms. The first-order chi connectivity index (χ1) is 12.6. The van der Waals surface area contributed by atoms with Crippen LogP contribution in [0.3, 0.4) is 0 Å². The zero-order valence-corrected chi connectivity index (χ0v) is 15.7. The number of para-hydroxylation sites is 1. The molecule has 0 saturated carbocycles. The lowest BCUT2D eigenvalue weighted by Gasteiger charge is -2.38. The summed E-state index contributed by atoms with van der Waals surface area (Å²) in [6.07, 6.45) is 0. The predicted molar refractivity (Wildman–Crippen MR) is 106 cm³/mol. The van der Waals surface area contributed by atoms with E-state index in [1.165, 1.54) is 5.69 Å². The third kappa shape index (κ3) is 4.17. The monoisotopic (exact) mass is 353 g/mol. The minimum Gasteiger partial charge on any atom is -0.497 e. The second-order valence-corrected chi connectivity index (χ2v) is 6.70. The van der Waals surface area contributed by atoms with Gasteiger partial charge in [-0.25, -0.2) is 0 Å². The molecule has 1 unspecified atom stereocenters. The van der Waals surface area contributed by atoms with Crippen molar-refractivity contribution in [3.8, 4) is 5.75 Å². The van der Waals surface area contributed by atoms with Crippen LogP contribution in [0.5, 0.6) is 5.75 Å². The Morgan fingerprint density at radius 3 is 2.31 bits per heavy atom. The normalized spacial score (nSPS) is 16.2. The number of anilines is 2. The molecule has 1 saturated heterocycles. The first-order valence-electron chi connectivity index (χ1n) is 9.08. The highest BCUT2D eigenvalue weighted by Gasteiger charge is 2.26. The second-order valence-electron chi connectivity index (χ2n) is 6.70. The summed E-state index contributed by atoms with van der Waals surface area (Å²) >= 11 is 0. The fourth-order valence-corrected chi connectivity index (χ4v) is 3.28. The number of hydrogen-bond acceptors (Lipinski definition) is 4. The molecule has 138 valence electrons. The van der Waals surface area contributed by atoms with E-state index in [4.69, 9.17) is 4.74 Å². The summed E-state index contributed by atoms with van der Waals surface area (Å²) in [5.74, 6) is 0.922. The van der Waals surface area contributed by atoms with Gasteiger partial charge in [0.25, 0.3) is 0 Å². The molecule has 1 heterocycles. The summed E-state index contributed by atoms with van der Waals surface area (Å²) in [5, 5.41) is 3.05. The van der Waals surface area contributed by atoms with Crippen LogP contribution in [0.1, 0.15) is 12.5 Å². The van der Waals surface area contributed by atoms with Crippen LogP contribution in [0, 0.1) is 6.92 Å². The number of nitrogens with zero attached hydrogens (tertiary/aromatic N) is 2. The lowest BCUT2D eigenvalue weighted by atomic mass is 10.1. The largest absolute Gasteiger partial charge is 0.497 e. The van der Waals surface area contributed by atoms with Crippen LogP contribution >= 0.6 is 0 Å². The number of nitrogens with one attached hydrogen (secondary N) is 1. The molecule has 2 aromatic rings. The average Bonchev–Trinajstić information content (AvgIpc) is 2.69. The molecule has 1 aliphatic rings. The highest BCUT2D eigenvalue weighted by Crippen LogP contribution is 2.21. The number of ether oxygens (including phenoxy) is 1. The molecule has 1 fully saturated rings. The minimum absolute atomic E-state index is 0.0530. The molecule has 2 aromatic carbocycles. The SMILES string of the molecule is COc1ccc(N2CCN(C(C)C(=O)Nc3ccccc3C)CC2)cc1. The zero-order chi connectivity index (χ0) is 18.5. The fraction of sp³-hybridized carbons (Fsp3) is 0.381.